The minimum atomic E-state index is -0.739. The van der Waals surface area contributed by atoms with E-state index in [9.17, 15) is 14.7 Å². The maximum atomic E-state index is 13.0. The Balaban J connectivity index is 1.24. The molecule has 4 rings (SSSR count). The first-order valence-electron chi connectivity index (χ1n) is 15.3. The highest BCUT2D eigenvalue weighted by molar-refractivity contribution is 5.96. The molecule has 0 bridgehead atoms. The molecule has 1 fully saturated rings. The lowest BCUT2D eigenvalue weighted by atomic mass is 9.89. The minimum Gasteiger partial charge on any atom is -0.490 e. The van der Waals surface area contributed by atoms with E-state index in [-0.39, 0.29) is 17.5 Å². The predicted octanol–water partition coefficient (Wildman–Crippen LogP) is 6.91. The van der Waals surface area contributed by atoms with E-state index < -0.39 is 6.10 Å². The Kier molecular flexibility index (Phi) is 12.2. The Bertz CT molecular complexity index is 1250. The van der Waals surface area contributed by atoms with Crippen molar-refractivity contribution in [2.24, 2.45) is 5.92 Å². The highest BCUT2D eigenvalue weighted by atomic mass is 16.5. The third-order valence-corrected chi connectivity index (χ3v) is 7.97. The van der Waals surface area contributed by atoms with Crippen LogP contribution in [0.3, 0.4) is 0 Å². The summed E-state index contributed by atoms with van der Waals surface area (Å²) in [5.74, 6) is 1.62. The number of nitrogens with zero attached hydrogens (tertiary/aromatic N) is 1. The van der Waals surface area contributed by atoms with Crippen LogP contribution in [-0.2, 0) is 4.79 Å². The Morgan fingerprint density at radius 3 is 1.88 bits per heavy atom. The number of ketones is 2. The molecular weight excluding hydrogens is 526 g/mol. The first-order chi connectivity index (χ1) is 20.4. The lowest BCUT2D eigenvalue weighted by Gasteiger charge is -2.27. The van der Waals surface area contributed by atoms with Crippen LogP contribution in [0.1, 0.15) is 78.1 Å². The van der Waals surface area contributed by atoms with Gasteiger partial charge in [-0.1, -0.05) is 59.7 Å². The normalized spacial score (nSPS) is 14.8. The standard InChI is InChI=1S/C36H45NO5/c1-27-9-13-29(14-10-27)35(39)8-4-3-7-32(38)25-31(26-37-21-5-6-22-37)36(40)30-15-19-34(20-16-30)42-24-23-41-33-17-11-28(2)12-18-33/h9-20,31,36,40H,3-8,21-26H2,1-2H3/t31?,36-/m1/s1. The van der Waals surface area contributed by atoms with Crippen molar-refractivity contribution < 1.29 is 24.2 Å². The van der Waals surface area contributed by atoms with Gasteiger partial charge < -0.3 is 19.5 Å². The summed E-state index contributed by atoms with van der Waals surface area (Å²) in [5, 5.41) is 11.3. The van der Waals surface area contributed by atoms with Gasteiger partial charge in [0.2, 0.25) is 0 Å². The molecule has 0 aromatic heterocycles. The number of hydrogen-bond acceptors (Lipinski definition) is 6. The van der Waals surface area contributed by atoms with Crippen LogP contribution in [0.25, 0.3) is 0 Å². The first-order valence-corrected chi connectivity index (χ1v) is 15.3. The van der Waals surface area contributed by atoms with Crippen LogP contribution < -0.4 is 9.47 Å². The molecule has 6 heteroatoms. The number of Topliss-reactive ketones (excluding diaryl/α,β-unsaturated/α-hetero) is 2. The molecule has 1 unspecified atom stereocenters. The molecule has 1 saturated heterocycles. The summed E-state index contributed by atoms with van der Waals surface area (Å²) < 4.78 is 11.6. The Morgan fingerprint density at radius 2 is 1.29 bits per heavy atom. The molecule has 1 N–H and O–H groups in total. The van der Waals surface area contributed by atoms with Crippen LogP contribution in [0.2, 0.25) is 0 Å². The molecule has 6 nitrogen and oxygen atoms in total. The summed E-state index contributed by atoms with van der Waals surface area (Å²) in [6, 6.07) is 23.1. The Hall–Kier alpha value is -3.48. The largest absolute Gasteiger partial charge is 0.490 e. The van der Waals surface area contributed by atoms with Crippen molar-refractivity contribution in [3.8, 4) is 11.5 Å². The number of carbonyl (C=O) groups is 2. The zero-order valence-electron chi connectivity index (χ0n) is 25.1. The Labute approximate surface area is 250 Å². The van der Waals surface area contributed by atoms with E-state index in [1.165, 1.54) is 5.56 Å². The molecule has 0 amide bonds. The summed E-state index contributed by atoms with van der Waals surface area (Å²) in [5.41, 5.74) is 3.84. The molecule has 1 heterocycles. The summed E-state index contributed by atoms with van der Waals surface area (Å²) in [6.07, 6.45) is 4.16. The number of aliphatic hydroxyl groups excluding tert-OH is 1. The molecule has 0 saturated carbocycles. The molecule has 3 aromatic rings. The number of aryl methyl sites for hydroxylation is 2. The van der Waals surface area contributed by atoms with Gasteiger partial charge in [-0.15, -0.1) is 0 Å². The van der Waals surface area contributed by atoms with Gasteiger partial charge in [-0.2, -0.15) is 0 Å². The van der Waals surface area contributed by atoms with E-state index in [1.807, 2.05) is 86.6 Å². The van der Waals surface area contributed by atoms with Gasteiger partial charge in [0.05, 0.1) is 6.10 Å². The SMILES string of the molecule is Cc1ccc(OCCOc2ccc([C@@H](O)C(CC(=O)CCCCC(=O)c3ccc(C)cc3)CN3CCCC3)cc2)cc1. The number of ether oxygens (including phenoxy) is 2. The second kappa shape index (κ2) is 16.2. The van der Waals surface area contributed by atoms with E-state index in [2.05, 4.69) is 4.90 Å². The molecule has 0 spiro atoms. The molecule has 0 aliphatic carbocycles. The summed E-state index contributed by atoms with van der Waals surface area (Å²) in [6.45, 7) is 7.62. The monoisotopic (exact) mass is 571 g/mol. The topological polar surface area (TPSA) is 76.1 Å². The van der Waals surface area contributed by atoms with Crippen molar-refractivity contribution in [1.82, 2.24) is 4.90 Å². The van der Waals surface area contributed by atoms with Crippen LogP contribution >= 0.6 is 0 Å². The fourth-order valence-corrected chi connectivity index (χ4v) is 5.45. The molecule has 42 heavy (non-hydrogen) atoms. The van der Waals surface area contributed by atoms with E-state index in [0.29, 0.717) is 57.6 Å². The second-order valence-corrected chi connectivity index (χ2v) is 11.5. The molecule has 0 radical (unpaired) electrons. The number of benzene rings is 3. The smallest absolute Gasteiger partial charge is 0.162 e. The van der Waals surface area contributed by atoms with Crippen LogP contribution in [0.15, 0.2) is 72.8 Å². The number of rotatable bonds is 17. The number of carbonyl (C=O) groups excluding carboxylic acids is 2. The van der Waals surface area contributed by atoms with Gasteiger partial charge in [0.15, 0.2) is 5.78 Å². The van der Waals surface area contributed by atoms with Crippen LogP contribution in [0, 0.1) is 19.8 Å². The molecular formula is C36H45NO5. The van der Waals surface area contributed by atoms with Gasteiger partial charge >= 0.3 is 0 Å². The number of hydrogen-bond donors (Lipinski definition) is 1. The summed E-state index contributed by atoms with van der Waals surface area (Å²) in [4.78, 5) is 27.8. The maximum absolute atomic E-state index is 13.0. The lowest BCUT2D eigenvalue weighted by molar-refractivity contribution is -0.121. The highest BCUT2D eigenvalue weighted by Crippen LogP contribution is 2.29. The van der Waals surface area contributed by atoms with Crippen LogP contribution in [0.5, 0.6) is 11.5 Å². The van der Waals surface area contributed by atoms with Gasteiger partial charge in [-0.25, -0.2) is 0 Å². The number of aliphatic hydroxyl groups is 1. The van der Waals surface area contributed by atoms with Crippen molar-refractivity contribution in [2.75, 3.05) is 32.8 Å². The fourth-order valence-electron chi connectivity index (χ4n) is 5.45. The average molecular weight is 572 g/mol. The van der Waals surface area contributed by atoms with Crippen molar-refractivity contribution in [1.29, 1.82) is 0 Å². The van der Waals surface area contributed by atoms with Crippen molar-refractivity contribution >= 4 is 11.6 Å². The fraction of sp³-hybridized carbons (Fsp3) is 0.444. The zero-order valence-corrected chi connectivity index (χ0v) is 25.1. The minimum absolute atomic E-state index is 0.121. The third-order valence-electron chi connectivity index (χ3n) is 7.97. The molecule has 2 atom stereocenters. The quantitative estimate of drug-likeness (QED) is 0.140. The Morgan fingerprint density at radius 1 is 0.762 bits per heavy atom. The zero-order chi connectivity index (χ0) is 29.7. The number of likely N-dealkylation sites (tertiary alicyclic amines) is 1. The molecule has 3 aromatic carbocycles. The molecule has 1 aliphatic rings. The first kappa shape index (κ1) is 31.5. The van der Waals surface area contributed by atoms with Gasteiger partial charge in [0.1, 0.15) is 30.5 Å². The predicted molar refractivity (Wildman–Crippen MR) is 166 cm³/mol. The van der Waals surface area contributed by atoms with E-state index in [1.54, 1.807) is 0 Å². The second-order valence-electron chi connectivity index (χ2n) is 11.5. The van der Waals surface area contributed by atoms with Gasteiger partial charge in [0.25, 0.3) is 0 Å². The summed E-state index contributed by atoms with van der Waals surface area (Å²) >= 11 is 0. The van der Waals surface area contributed by atoms with Crippen molar-refractivity contribution in [3.05, 3.63) is 95.1 Å². The number of unbranched alkanes of at least 4 members (excludes halogenated alkanes) is 1. The van der Waals surface area contributed by atoms with Gasteiger partial charge in [-0.05, 0) is 82.4 Å². The molecule has 224 valence electrons. The van der Waals surface area contributed by atoms with Crippen molar-refractivity contribution in [3.63, 3.8) is 0 Å². The maximum Gasteiger partial charge on any atom is 0.162 e. The molecule has 1 aliphatic heterocycles. The summed E-state index contributed by atoms with van der Waals surface area (Å²) in [7, 11) is 0. The van der Waals surface area contributed by atoms with Crippen molar-refractivity contribution in [2.45, 2.75) is 64.9 Å². The van der Waals surface area contributed by atoms with Crippen LogP contribution in [0.4, 0.5) is 0 Å². The van der Waals surface area contributed by atoms with Crippen LogP contribution in [-0.4, -0.2) is 54.4 Å². The average Bonchev–Trinajstić information content (AvgIpc) is 3.51. The van der Waals surface area contributed by atoms with E-state index >= 15 is 0 Å². The third kappa shape index (κ3) is 10.1. The van der Waals surface area contributed by atoms with Gasteiger partial charge in [-0.3, -0.25) is 9.59 Å². The van der Waals surface area contributed by atoms with Gasteiger partial charge in [0, 0.05) is 37.3 Å². The lowest BCUT2D eigenvalue weighted by Crippen LogP contribution is -2.31. The van der Waals surface area contributed by atoms with E-state index in [0.717, 1.165) is 48.4 Å². The van der Waals surface area contributed by atoms with E-state index in [4.69, 9.17) is 9.47 Å². The highest BCUT2D eigenvalue weighted by Gasteiger charge is 2.27.